The predicted molar refractivity (Wildman–Crippen MR) is 88.9 cm³/mol. The molecule has 1 aromatic heterocycles. The number of amidine groups is 1. The van der Waals surface area contributed by atoms with Gasteiger partial charge in [0.05, 0.1) is 12.1 Å². The fourth-order valence-corrected chi connectivity index (χ4v) is 3.56. The number of fused-ring (bicyclic) bond motifs is 1. The number of rotatable bonds is 2. The molecule has 0 fully saturated rings. The largest absolute Gasteiger partial charge is 0.510 e. The molecule has 0 aliphatic carbocycles. The minimum atomic E-state index is 0.166. The van der Waals surface area contributed by atoms with Crippen LogP contribution < -0.4 is 14.4 Å². The summed E-state index contributed by atoms with van der Waals surface area (Å²) in [4.78, 5) is 6.12. The van der Waals surface area contributed by atoms with Gasteiger partial charge in [0.2, 0.25) is 0 Å². The lowest BCUT2D eigenvalue weighted by atomic mass is 10.2. The molecule has 3 heterocycles. The summed E-state index contributed by atoms with van der Waals surface area (Å²) in [7, 11) is 0. The Labute approximate surface area is 137 Å². The zero-order valence-corrected chi connectivity index (χ0v) is 13.3. The third kappa shape index (κ3) is 2.33. The lowest BCUT2D eigenvalue weighted by Crippen LogP contribution is -2.26. The maximum absolute atomic E-state index is 10.3. The molecule has 0 atom stereocenters. The van der Waals surface area contributed by atoms with E-state index in [4.69, 9.17) is 14.9 Å². The second-order valence-electron chi connectivity index (χ2n) is 5.38. The van der Waals surface area contributed by atoms with E-state index in [2.05, 4.69) is 4.98 Å². The fourth-order valence-electron chi connectivity index (χ4n) is 2.69. The summed E-state index contributed by atoms with van der Waals surface area (Å²) in [6, 6.07) is 5.54. The zero-order chi connectivity index (χ0) is 16.0. The van der Waals surface area contributed by atoms with Gasteiger partial charge >= 0.3 is 0 Å². The van der Waals surface area contributed by atoms with Gasteiger partial charge in [-0.15, -0.1) is 11.3 Å². The van der Waals surface area contributed by atoms with Gasteiger partial charge in [-0.2, -0.15) is 0 Å². The van der Waals surface area contributed by atoms with E-state index in [1.54, 1.807) is 4.90 Å². The van der Waals surface area contributed by atoms with Crippen molar-refractivity contribution in [2.75, 3.05) is 24.7 Å². The van der Waals surface area contributed by atoms with Crippen molar-refractivity contribution in [3.63, 3.8) is 0 Å². The minimum absolute atomic E-state index is 0.166. The molecular formula is C16H15N3O3S. The van der Waals surface area contributed by atoms with Gasteiger partial charge in [-0.1, -0.05) is 0 Å². The highest BCUT2D eigenvalue weighted by Crippen LogP contribution is 2.37. The van der Waals surface area contributed by atoms with Crippen molar-refractivity contribution in [3.8, 4) is 11.5 Å². The number of aromatic nitrogens is 1. The minimum Gasteiger partial charge on any atom is -0.510 e. The van der Waals surface area contributed by atoms with Crippen molar-refractivity contribution in [1.82, 2.24) is 4.98 Å². The number of aliphatic hydroxyl groups excluding tert-OH is 1. The highest BCUT2D eigenvalue weighted by Gasteiger charge is 2.31. The first-order valence-corrected chi connectivity index (χ1v) is 8.12. The number of anilines is 1. The molecule has 23 heavy (non-hydrogen) atoms. The van der Waals surface area contributed by atoms with Crippen molar-refractivity contribution in [2.45, 2.75) is 6.92 Å². The highest BCUT2D eigenvalue weighted by molar-refractivity contribution is 7.11. The lowest BCUT2D eigenvalue weighted by Gasteiger charge is -2.23. The van der Waals surface area contributed by atoms with Crippen LogP contribution in [0.3, 0.4) is 0 Å². The number of hydrogen-bond acceptors (Lipinski definition) is 6. The molecule has 7 heteroatoms. The Morgan fingerprint density at radius 3 is 2.78 bits per heavy atom. The molecule has 1 aromatic carbocycles. The fraction of sp³-hybridized carbons (Fsp3) is 0.250. The number of nitrogens with one attached hydrogen (secondary N) is 1. The van der Waals surface area contributed by atoms with Crippen LogP contribution >= 0.6 is 11.3 Å². The number of hydrogen-bond donors (Lipinski definition) is 2. The van der Waals surface area contributed by atoms with Crippen LogP contribution in [-0.4, -0.2) is 35.7 Å². The van der Waals surface area contributed by atoms with Gasteiger partial charge in [0.25, 0.3) is 0 Å². The second-order valence-corrected chi connectivity index (χ2v) is 6.24. The lowest BCUT2D eigenvalue weighted by molar-refractivity contribution is 0.171. The number of ether oxygens (including phenoxy) is 2. The number of benzene rings is 1. The SMILES string of the molecule is Cc1csc(C2=C(O)CN(c3ccc4c(c3)OCCO4)C2=N)n1. The van der Waals surface area contributed by atoms with E-state index in [-0.39, 0.29) is 18.1 Å². The number of nitrogens with zero attached hydrogens (tertiary/aromatic N) is 2. The van der Waals surface area contributed by atoms with E-state index in [9.17, 15) is 5.11 Å². The maximum atomic E-state index is 10.3. The zero-order valence-electron chi connectivity index (χ0n) is 12.5. The second kappa shape index (κ2) is 5.27. The molecule has 2 N–H and O–H groups in total. The molecule has 2 aromatic rings. The van der Waals surface area contributed by atoms with Crippen molar-refractivity contribution in [3.05, 3.63) is 40.0 Å². The van der Waals surface area contributed by atoms with Gasteiger partial charge in [0, 0.05) is 22.8 Å². The van der Waals surface area contributed by atoms with E-state index in [0.717, 1.165) is 11.4 Å². The molecule has 2 aliphatic rings. The Morgan fingerprint density at radius 2 is 2.04 bits per heavy atom. The first-order chi connectivity index (χ1) is 11.1. The summed E-state index contributed by atoms with van der Waals surface area (Å²) in [5.41, 5.74) is 2.17. The molecular weight excluding hydrogens is 314 g/mol. The van der Waals surface area contributed by atoms with E-state index in [0.29, 0.717) is 35.3 Å². The number of thiazole rings is 1. The maximum Gasteiger partial charge on any atom is 0.163 e. The Morgan fingerprint density at radius 1 is 1.26 bits per heavy atom. The standard InChI is InChI=1S/C16H15N3O3S/c1-9-8-23-16(18-9)14-11(20)7-19(15(14)17)10-2-3-12-13(6-10)22-5-4-21-12/h2-3,6,8,17,20H,4-5,7H2,1H3. The van der Waals surface area contributed by atoms with E-state index < -0.39 is 0 Å². The van der Waals surface area contributed by atoms with Crippen LogP contribution in [0.4, 0.5) is 5.69 Å². The summed E-state index contributed by atoms with van der Waals surface area (Å²) in [5.74, 6) is 1.78. The van der Waals surface area contributed by atoms with Crippen LogP contribution in [0.5, 0.6) is 11.5 Å². The molecule has 118 valence electrons. The smallest absolute Gasteiger partial charge is 0.163 e. The first-order valence-electron chi connectivity index (χ1n) is 7.24. The Hall–Kier alpha value is -2.54. The van der Waals surface area contributed by atoms with Crippen LogP contribution in [0.15, 0.2) is 29.3 Å². The van der Waals surface area contributed by atoms with Gasteiger partial charge in [-0.05, 0) is 19.1 Å². The van der Waals surface area contributed by atoms with Crippen LogP contribution in [-0.2, 0) is 0 Å². The van der Waals surface area contributed by atoms with Gasteiger partial charge in [-0.3, -0.25) is 5.41 Å². The molecule has 0 saturated carbocycles. The quantitative estimate of drug-likeness (QED) is 0.885. The summed E-state index contributed by atoms with van der Waals surface area (Å²) in [5, 5.41) is 21.3. The van der Waals surface area contributed by atoms with Crippen LogP contribution in [0, 0.1) is 12.3 Å². The monoisotopic (exact) mass is 329 g/mol. The van der Waals surface area contributed by atoms with Crippen molar-refractivity contribution < 1.29 is 14.6 Å². The molecule has 6 nitrogen and oxygen atoms in total. The van der Waals surface area contributed by atoms with E-state index >= 15 is 0 Å². The van der Waals surface area contributed by atoms with Crippen molar-refractivity contribution in [2.24, 2.45) is 0 Å². The van der Waals surface area contributed by atoms with Gasteiger partial charge in [0.1, 0.15) is 29.8 Å². The van der Waals surface area contributed by atoms with Gasteiger partial charge < -0.3 is 19.5 Å². The van der Waals surface area contributed by atoms with E-state index in [1.165, 1.54) is 11.3 Å². The average Bonchev–Trinajstić information content (AvgIpc) is 3.10. The third-order valence-corrected chi connectivity index (χ3v) is 4.75. The summed E-state index contributed by atoms with van der Waals surface area (Å²) in [6.07, 6.45) is 0. The summed E-state index contributed by atoms with van der Waals surface area (Å²) in [6.45, 7) is 3.21. The van der Waals surface area contributed by atoms with Crippen molar-refractivity contribution in [1.29, 1.82) is 5.41 Å². The Bertz CT molecular complexity index is 828. The van der Waals surface area contributed by atoms with Gasteiger partial charge in [0.15, 0.2) is 11.5 Å². The Kier molecular flexibility index (Phi) is 3.23. The normalized spacial score (nSPS) is 17.1. The topological polar surface area (TPSA) is 78.7 Å². The molecule has 0 bridgehead atoms. The molecule has 2 aliphatic heterocycles. The predicted octanol–water partition coefficient (Wildman–Crippen LogP) is 2.99. The van der Waals surface area contributed by atoms with Gasteiger partial charge in [-0.25, -0.2) is 4.98 Å². The van der Waals surface area contributed by atoms with E-state index in [1.807, 2.05) is 30.5 Å². The third-order valence-electron chi connectivity index (χ3n) is 3.77. The Balaban J connectivity index is 1.66. The highest BCUT2D eigenvalue weighted by atomic mass is 32.1. The van der Waals surface area contributed by atoms with Crippen molar-refractivity contribution >= 4 is 28.4 Å². The molecule has 0 saturated heterocycles. The average molecular weight is 329 g/mol. The first kappa shape index (κ1) is 14.1. The van der Waals surface area contributed by atoms with Crippen LogP contribution in [0.1, 0.15) is 10.7 Å². The number of aliphatic hydroxyl groups is 1. The molecule has 0 amide bonds. The van der Waals surface area contributed by atoms with Crippen LogP contribution in [0.25, 0.3) is 5.57 Å². The number of aryl methyl sites for hydroxylation is 1. The molecule has 4 rings (SSSR count). The summed E-state index contributed by atoms with van der Waals surface area (Å²) >= 11 is 1.43. The van der Waals surface area contributed by atoms with Crippen LogP contribution in [0.2, 0.25) is 0 Å². The molecule has 0 unspecified atom stereocenters. The molecule has 0 spiro atoms. The molecule has 0 radical (unpaired) electrons. The summed E-state index contributed by atoms with van der Waals surface area (Å²) < 4.78 is 11.1.